The minimum absolute atomic E-state index is 0.0752. The summed E-state index contributed by atoms with van der Waals surface area (Å²) in [6.45, 7) is 2.44. The van der Waals surface area contributed by atoms with Gasteiger partial charge in [0.25, 0.3) is 0 Å². The van der Waals surface area contributed by atoms with Gasteiger partial charge in [-0.3, -0.25) is 0 Å². The SMILES string of the molecule is CN1CCC[C@H]1COc1nc2c(c(N3CCN(C(=O)O)[C@@H](CC#N)C3)n1)CCc1ccc(-c3c(O)cccc3F)cc1-2. The number of carbonyl (C=O) groups is 1. The minimum atomic E-state index is -1.04. The van der Waals surface area contributed by atoms with Gasteiger partial charge >= 0.3 is 12.1 Å². The van der Waals surface area contributed by atoms with Crippen molar-refractivity contribution in [2.24, 2.45) is 0 Å². The van der Waals surface area contributed by atoms with Crippen LogP contribution in [0, 0.1) is 17.1 Å². The second-order valence-electron chi connectivity index (χ2n) is 11.2. The average molecular weight is 573 g/mol. The third kappa shape index (κ3) is 5.18. The van der Waals surface area contributed by atoms with Crippen molar-refractivity contribution in [3.05, 3.63) is 53.3 Å². The molecule has 1 aliphatic carbocycles. The number of aromatic nitrogens is 2. The standard InChI is InChI=1S/C31H33FN6O4/c1-36-13-3-4-22(36)18-42-30-34-28-23(29(35-30)37-14-15-38(31(40)41)21(17-37)11-12-33)10-9-19-7-8-20(16-24(19)28)27-25(32)5-2-6-26(27)39/h2,5-8,16,21-22,39H,3-4,9-11,13-15,17-18H2,1H3,(H,40,41)/t21-,22-/m0/s1. The summed E-state index contributed by atoms with van der Waals surface area (Å²) >= 11 is 0. The number of ether oxygens (including phenoxy) is 1. The number of fused-ring (bicyclic) bond motifs is 3. The molecule has 1 aromatic heterocycles. The van der Waals surface area contributed by atoms with Crippen LogP contribution in [0.4, 0.5) is 15.0 Å². The van der Waals surface area contributed by atoms with Crippen molar-refractivity contribution in [2.75, 3.05) is 44.7 Å². The highest BCUT2D eigenvalue weighted by Crippen LogP contribution is 2.42. The molecule has 6 rings (SSSR count). The zero-order valence-electron chi connectivity index (χ0n) is 23.5. The third-order valence-electron chi connectivity index (χ3n) is 8.69. The lowest BCUT2D eigenvalue weighted by Crippen LogP contribution is -2.55. The molecule has 2 N–H and O–H groups in total. The van der Waals surface area contributed by atoms with Crippen molar-refractivity contribution in [1.82, 2.24) is 19.8 Å². The summed E-state index contributed by atoms with van der Waals surface area (Å²) in [6, 6.07) is 12.0. The predicted molar refractivity (Wildman–Crippen MR) is 154 cm³/mol. The Balaban J connectivity index is 1.43. The molecular formula is C31H33FN6O4. The maximum absolute atomic E-state index is 14.8. The molecule has 2 fully saturated rings. The number of nitriles is 1. The quantitative estimate of drug-likeness (QED) is 0.444. The third-order valence-corrected chi connectivity index (χ3v) is 8.69. The number of piperazine rings is 1. The topological polar surface area (TPSA) is 126 Å². The summed E-state index contributed by atoms with van der Waals surface area (Å²) in [5, 5.41) is 29.5. The van der Waals surface area contributed by atoms with Gasteiger partial charge < -0.3 is 29.6 Å². The zero-order valence-corrected chi connectivity index (χ0v) is 23.5. The van der Waals surface area contributed by atoms with Gasteiger partial charge in [0.1, 0.15) is 24.0 Å². The molecule has 0 radical (unpaired) electrons. The van der Waals surface area contributed by atoms with Gasteiger partial charge in [-0.25, -0.2) is 9.18 Å². The van der Waals surface area contributed by atoms with Crippen molar-refractivity contribution in [2.45, 2.75) is 44.2 Å². The summed E-state index contributed by atoms with van der Waals surface area (Å²) in [4.78, 5) is 27.2. The molecule has 1 amide bonds. The van der Waals surface area contributed by atoms with Gasteiger partial charge in [-0.15, -0.1) is 0 Å². The minimum Gasteiger partial charge on any atom is -0.507 e. The number of halogens is 1. The lowest BCUT2D eigenvalue weighted by atomic mass is 9.86. The van der Waals surface area contributed by atoms with Gasteiger partial charge in [0, 0.05) is 36.8 Å². The Morgan fingerprint density at radius 2 is 2.02 bits per heavy atom. The molecule has 11 heteroatoms. The molecule has 2 atom stereocenters. The number of amides is 1. The number of aryl methyl sites for hydroxylation is 1. The first-order valence-corrected chi connectivity index (χ1v) is 14.3. The molecule has 0 spiro atoms. The molecule has 3 aliphatic rings. The molecule has 3 aromatic rings. The molecule has 10 nitrogen and oxygen atoms in total. The number of benzene rings is 2. The lowest BCUT2D eigenvalue weighted by molar-refractivity contribution is 0.119. The van der Waals surface area contributed by atoms with Gasteiger partial charge in [-0.05, 0) is 68.6 Å². The van der Waals surface area contributed by atoms with Crippen molar-refractivity contribution in [1.29, 1.82) is 5.26 Å². The highest BCUT2D eigenvalue weighted by atomic mass is 19.1. The van der Waals surface area contributed by atoms with Crippen LogP contribution in [0.2, 0.25) is 0 Å². The molecule has 2 saturated heterocycles. The van der Waals surface area contributed by atoms with Crippen LogP contribution in [0.15, 0.2) is 36.4 Å². The second-order valence-corrected chi connectivity index (χ2v) is 11.2. The van der Waals surface area contributed by atoms with Gasteiger partial charge in [0.05, 0.1) is 29.8 Å². The van der Waals surface area contributed by atoms with Crippen LogP contribution >= 0.6 is 0 Å². The maximum Gasteiger partial charge on any atom is 0.407 e. The van der Waals surface area contributed by atoms with E-state index in [0.29, 0.717) is 49.6 Å². The Hall–Kier alpha value is -4.43. The molecule has 0 unspecified atom stereocenters. The number of anilines is 1. The van der Waals surface area contributed by atoms with E-state index in [1.165, 1.54) is 23.1 Å². The van der Waals surface area contributed by atoms with Crippen LogP contribution < -0.4 is 9.64 Å². The van der Waals surface area contributed by atoms with Crippen LogP contribution in [0.3, 0.4) is 0 Å². The molecular weight excluding hydrogens is 539 g/mol. The highest BCUT2D eigenvalue weighted by Gasteiger charge is 2.34. The largest absolute Gasteiger partial charge is 0.507 e. The van der Waals surface area contributed by atoms with Gasteiger partial charge in [-0.2, -0.15) is 15.2 Å². The first kappa shape index (κ1) is 27.7. The maximum atomic E-state index is 14.8. The highest BCUT2D eigenvalue weighted by molar-refractivity contribution is 5.81. The molecule has 0 bridgehead atoms. The van der Waals surface area contributed by atoms with E-state index in [1.807, 2.05) is 23.1 Å². The lowest BCUT2D eigenvalue weighted by Gasteiger charge is -2.40. The molecule has 218 valence electrons. The molecule has 2 aliphatic heterocycles. The Kier molecular flexibility index (Phi) is 7.56. The fourth-order valence-electron chi connectivity index (χ4n) is 6.40. The van der Waals surface area contributed by atoms with Crippen molar-refractivity contribution in [3.8, 4) is 40.2 Å². The summed E-state index contributed by atoms with van der Waals surface area (Å²) in [6.07, 6.45) is 2.54. The van der Waals surface area contributed by atoms with E-state index in [0.717, 1.165) is 36.1 Å². The molecule has 3 heterocycles. The summed E-state index contributed by atoms with van der Waals surface area (Å²) < 4.78 is 21.0. The van der Waals surface area contributed by atoms with Gasteiger partial charge in [0.15, 0.2) is 0 Å². The number of likely N-dealkylation sites (N-methyl/N-ethyl adjacent to an activating group) is 1. The summed E-state index contributed by atoms with van der Waals surface area (Å²) in [5.74, 6) is 0.0188. The average Bonchev–Trinajstić information content (AvgIpc) is 3.39. The second kappa shape index (κ2) is 11.4. The monoisotopic (exact) mass is 572 g/mol. The first-order valence-electron chi connectivity index (χ1n) is 14.3. The Morgan fingerprint density at radius 1 is 1.17 bits per heavy atom. The number of hydrogen-bond acceptors (Lipinski definition) is 8. The molecule has 2 aromatic carbocycles. The number of likely N-dealkylation sites (tertiary alicyclic amines) is 1. The summed E-state index contributed by atoms with van der Waals surface area (Å²) in [5.41, 5.74) is 4.13. The van der Waals surface area contributed by atoms with Crippen LogP contribution in [0.5, 0.6) is 11.8 Å². The Labute approximate surface area is 243 Å². The fraction of sp³-hybridized carbons (Fsp3) is 0.419. The van der Waals surface area contributed by atoms with E-state index < -0.39 is 18.0 Å². The number of phenols is 1. The van der Waals surface area contributed by atoms with Crippen molar-refractivity contribution < 1.29 is 24.1 Å². The number of rotatable bonds is 6. The van der Waals surface area contributed by atoms with E-state index in [4.69, 9.17) is 14.7 Å². The molecule has 0 saturated carbocycles. The van der Waals surface area contributed by atoms with E-state index >= 15 is 0 Å². The van der Waals surface area contributed by atoms with Crippen molar-refractivity contribution in [3.63, 3.8) is 0 Å². The zero-order chi connectivity index (χ0) is 29.4. The Morgan fingerprint density at radius 3 is 2.76 bits per heavy atom. The van der Waals surface area contributed by atoms with E-state index in [1.54, 1.807) is 0 Å². The normalized spacial score (nSPS) is 20.1. The van der Waals surface area contributed by atoms with Gasteiger partial charge in [0.2, 0.25) is 0 Å². The number of nitrogens with zero attached hydrogens (tertiary/aromatic N) is 6. The van der Waals surface area contributed by atoms with E-state index in [-0.39, 0.29) is 36.3 Å². The predicted octanol–water partition coefficient (Wildman–Crippen LogP) is 4.31. The van der Waals surface area contributed by atoms with Crippen LogP contribution in [-0.4, -0.2) is 88.0 Å². The van der Waals surface area contributed by atoms with E-state index in [9.17, 15) is 24.7 Å². The molecule has 42 heavy (non-hydrogen) atoms. The first-order chi connectivity index (χ1) is 20.3. The van der Waals surface area contributed by atoms with Crippen LogP contribution in [0.25, 0.3) is 22.4 Å². The fourth-order valence-corrected chi connectivity index (χ4v) is 6.40. The Bertz CT molecular complexity index is 1540. The van der Waals surface area contributed by atoms with Crippen LogP contribution in [-0.2, 0) is 12.8 Å². The van der Waals surface area contributed by atoms with E-state index in [2.05, 4.69) is 18.0 Å². The van der Waals surface area contributed by atoms with Gasteiger partial charge in [-0.1, -0.05) is 18.2 Å². The van der Waals surface area contributed by atoms with Crippen molar-refractivity contribution >= 4 is 11.9 Å². The smallest absolute Gasteiger partial charge is 0.407 e. The number of aromatic hydroxyl groups is 1. The number of carboxylic acid groups (broad SMARTS) is 1. The van der Waals surface area contributed by atoms with Crippen LogP contribution in [0.1, 0.15) is 30.4 Å². The number of hydrogen-bond donors (Lipinski definition) is 2. The summed E-state index contributed by atoms with van der Waals surface area (Å²) in [7, 11) is 2.08. The number of phenolic OH excluding ortho intramolecular Hbond substituents is 1.